The Morgan fingerprint density at radius 2 is 1.94 bits per heavy atom. The quantitative estimate of drug-likeness (QED) is 0.828. The lowest BCUT2D eigenvalue weighted by atomic mass is 10.1. The van der Waals surface area contributed by atoms with Crippen molar-refractivity contribution < 1.29 is 19.6 Å². The summed E-state index contributed by atoms with van der Waals surface area (Å²) in [6.07, 6.45) is 0. The van der Waals surface area contributed by atoms with Crippen molar-refractivity contribution in [2.75, 3.05) is 6.54 Å². The van der Waals surface area contributed by atoms with Gasteiger partial charge in [0.2, 0.25) is 0 Å². The Balaban J connectivity index is 2.15. The number of nitrogens with two attached hydrogens (primary N) is 1. The fraction of sp³-hybridized carbons (Fsp3) is 0.214. The minimum absolute atomic E-state index is 0.171. The standard InChI is InChI=1S/C14H15NO3/c1-2-15-9-12-7-8-13(18-12)10-3-5-11(6-4-10)14(16)17/h3-8,15H,2,9H2,1H3,(H,16,17). The number of benzene rings is 1. The van der Waals surface area contributed by atoms with E-state index in [0.29, 0.717) is 0 Å². The van der Waals surface area contributed by atoms with Crippen molar-refractivity contribution in [3.63, 3.8) is 0 Å². The molecular formula is C14H15NO3. The van der Waals surface area contributed by atoms with Gasteiger partial charge in [-0.1, -0.05) is 24.3 Å². The van der Waals surface area contributed by atoms with Crippen LogP contribution in [0.2, 0.25) is 0 Å². The van der Waals surface area contributed by atoms with Crippen LogP contribution in [0, 0.1) is 0 Å². The summed E-state index contributed by atoms with van der Waals surface area (Å²) < 4.78 is 5.68. The zero-order valence-electron chi connectivity index (χ0n) is 10.2. The zero-order valence-corrected chi connectivity index (χ0v) is 10.2. The van der Waals surface area contributed by atoms with Crippen LogP contribution in [0.3, 0.4) is 0 Å². The number of furan rings is 1. The number of hydrogen-bond donors (Lipinski definition) is 1. The molecule has 0 fully saturated rings. The van der Waals surface area contributed by atoms with Crippen LogP contribution >= 0.6 is 0 Å². The number of hydrogen-bond acceptors (Lipinski definition) is 3. The average molecular weight is 245 g/mol. The van der Waals surface area contributed by atoms with E-state index < -0.39 is 5.97 Å². The Bertz CT molecular complexity index is 528. The molecule has 1 heterocycles. The predicted molar refractivity (Wildman–Crippen MR) is 64.6 cm³/mol. The summed E-state index contributed by atoms with van der Waals surface area (Å²) in [5.74, 6) is 0.495. The third-order valence-electron chi connectivity index (χ3n) is 2.70. The van der Waals surface area contributed by atoms with Gasteiger partial charge in [-0.2, -0.15) is 0 Å². The Labute approximate surface area is 105 Å². The minimum Gasteiger partial charge on any atom is -0.545 e. The van der Waals surface area contributed by atoms with E-state index in [9.17, 15) is 9.90 Å². The van der Waals surface area contributed by atoms with Crippen LogP contribution < -0.4 is 10.4 Å². The SMILES string of the molecule is CC[NH2+]Cc1ccc(-c2ccc(C(=O)[O-])cc2)o1. The maximum Gasteiger partial charge on any atom is 0.158 e. The van der Waals surface area contributed by atoms with E-state index in [0.717, 1.165) is 30.2 Å². The Hall–Kier alpha value is -2.07. The summed E-state index contributed by atoms with van der Waals surface area (Å²) in [7, 11) is 0. The van der Waals surface area contributed by atoms with Crippen LogP contribution in [0.15, 0.2) is 40.8 Å². The zero-order chi connectivity index (χ0) is 13.0. The Morgan fingerprint density at radius 3 is 2.56 bits per heavy atom. The number of quaternary nitrogens is 1. The van der Waals surface area contributed by atoms with E-state index in [1.165, 1.54) is 12.1 Å². The molecule has 0 saturated heterocycles. The van der Waals surface area contributed by atoms with Crippen LogP contribution in [0.5, 0.6) is 0 Å². The first kappa shape index (κ1) is 12.4. The first-order valence-electron chi connectivity index (χ1n) is 5.93. The van der Waals surface area contributed by atoms with Crippen molar-refractivity contribution in [1.82, 2.24) is 0 Å². The van der Waals surface area contributed by atoms with E-state index in [-0.39, 0.29) is 5.56 Å². The van der Waals surface area contributed by atoms with Gasteiger partial charge in [0.1, 0.15) is 12.3 Å². The monoisotopic (exact) mass is 245 g/mol. The summed E-state index contributed by atoms with van der Waals surface area (Å²) in [6, 6.07) is 10.3. The number of carboxylic acids is 1. The lowest BCUT2D eigenvalue weighted by Gasteiger charge is -2.02. The van der Waals surface area contributed by atoms with E-state index in [1.807, 2.05) is 12.1 Å². The van der Waals surface area contributed by atoms with Gasteiger partial charge in [-0.3, -0.25) is 0 Å². The molecule has 4 heteroatoms. The highest BCUT2D eigenvalue weighted by Gasteiger charge is 2.05. The fourth-order valence-corrected chi connectivity index (χ4v) is 1.70. The summed E-state index contributed by atoms with van der Waals surface area (Å²) >= 11 is 0. The molecule has 2 rings (SSSR count). The molecule has 0 aliphatic heterocycles. The molecule has 0 radical (unpaired) electrons. The third kappa shape index (κ3) is 2.78. The summed E-state index contributed by atoms with van der Waals surface area (Å²) in [5, 5.41) is 12.8. The number of carbonyl (C=O) groups is 1. The third-order valence-corrected chi connectivity index (χ3v) is 2.70. The second kappa shape index (κ2) is 5.51. The molecule has 0 atom stereocenters. The lowest BCUT2D eigenvalue weighted by Crippen LogP contribution is -2.81. The van der Waals surface area contributed by atoms with Crippen LogP contribution in [0.4, 0.5) is 0 Å². The molecule has 2 N–H and O–H groups in total. The molecule has 4 nitrogen and oxygen atoms in total. The van der Waals surface area contributed by atoms with Gasteiger partial charge in [-0.15, -0.1) is 0 Å². The van der Waals surface area contributed by atoms with Crippen LogP contribution in [-0.2, 0) is 6.54 Å². The van der Waals surface area contributed by atoms with E-state index in [2.05, 4.69) is 12.2 Å². The number of carboxylic acid groups (broad SMARTS) is 1. The van der Waals surface area contributed by atoms with Crippen molar-refractivity contribution in [2.24, 2.45) is 0 Å². The molecule has 0 unspecified atom stereocenters. The molecule has 1 aromatic heterocycles. The summed E-state index contributed by atoms with van der Waals surface area (Å²) in [4.78, 5) is 10.6. The molecule has 0 aliphatic rings. The van der Waals surface area contributed by atoms with Gasteiger partial charge in [0.15, 0.2) is 5.76 Å². The Morgan fingerprint density at radius 1 is 1.22 bits per heavy atom. The molecule has 0 bridgehead atoms. The topological polar surface area (TPSA) is 69.9 Å². The molecule has 0 amide bonds. The van der Waals surface area contributed by atoms with Gasteiger partial charge >= 0.3 is 0 Å². The number of rotatable bonds is 5. The molecule has 18 heavy (non-hydrogen) atoms. The summed E-state index contributed by atoms with van der Waals surface area (Å²) in [5.41, 5.74) is 1.03. The number of aromatic carboxylic acids is 1. The van der Waals surface area contributed by atoms with E-state index in [1.54, 1.807) is 12.1 Å². The number of carbonyl (C=O) groups excluding carboxylic acids is 1. The van der Waals surface area contributed by atoms with Crippen molar-refractivity contribution in [1.29, 1.82) is 0 Å². The van der Waals surface area contributed by atoms with Crippen molar-refractivity contribution in [3.8, 4) is 11.3 Å². The first-order chi connectivity index (χ1) is 8.70. The lowest BCUT2D eigenvalue weighted by molar-refractivity contribution is -0.669. The van der Waals surface area contributed by atoms with Gasteiger partial charge < -0.3 is 19.6 Å². The highest BCUT2D eigenvalue weighted by molar-refractivity contribution is 5.86. The molecule has 2 aromatic rings. The van der Waals surface area contributed by atoms with E-state index >= 15 is 0 Å². The van der Waals surface area contributed by atoms with Crippen LogP contribution in [0.1, 0.15) is 23.0 Å². The van der Waals surface area contributed by atoms with Gasteiger partial charge in [-0.05, 0) is 24.6 Å². The average Bonchev–Trinajstić information content (AvgIpc) is 2.85. The van der Waals surface area contributed by atoms with Gasteiger partial charge in [0, 0.05) is 5.56 Å². The van der Waals surface area contributed by atoms with Gasteiger partial charge in [0.25, 0.3) is 0 Å². The molecule has 0 aliphatic carbocycles. The van der Waals surface area contributed by atoms with Gasteiger partial charge in [-0.25, -0.2) is 0 Å². The molecule has 94 valence electrons. The maximum absolute atomic E-state index is 10.6. The van der Waals surface area contributed by atoms with Crippen molar-refractivity contribution in [2.45, 2.75) is 13.5 Å². The largest absolute Gasteiger partial charge is 0.545 e. The van der Waals surface area contributed by atoms with E-state index in [4.69, 9.17) is 4.42 Å². The highest BCUT2D eigenvalue weighted by Crippen LogP contribution is 2.22. The normalized spacial score (nSPS) is 10.5. The fourth-order valence-electron chi connectivity index (χ4n) is 1.70. The molecule has 0 spiro atoms. The molecule has 0 saturated carbocycles. The van der Waals surface area contributed by atoms with Gasteiger partial charge in [0.05, 0.1) is 12.5 Å². The molecular weight excluding hydrogens is 230 g/mol. The molecule has 1 aromatic carbocycles. The predicted octanol–water partition coefficient (Wildman–Crippen LogP) is 0.393. The van der Waals surface area contributed by atoms with Crippen molar-refractivity contribution >= 4 is 5.97 Å². The minimum atomic E-state index is -1.17. The smallest absolute Gasteiger partial charge is 0.158 e. The highest BCUT2D eigenvalue weighted by atomic mass is 16.4. The van der Waals surface area contributed by atoms with Crippen LogP contribution in [0.25, 0.3) is 11.3 Å². The second-order valence-electron chi connectivity index (χ2n) is 4.03. The van der Waals surface area contributed by atoms with Crippen molar-refractivity contribution in [3.05, 3.63) is 47.7 Å². The summed E-state index contributed by atoms with van der Waals surface area (Å²) in [6.45, 7) is 3.91. The van der Waals surface area contributed by atoms with Crippen LogP contribution in [-0.4, -0.2) is 12.5 Å². The maximum atomic E-state index is 10.6. The Kier molecular flexibility index (Phi) is 3.79. The first-order valence-corrected chi connectivity index (χ1v) is 5.93. The second-order valence-corrected chi connectivity index (χ2v) is 4.03.